The Hall–Kier alpha value is -3.05. The zero-order valence-electron chi connectivity index (χ0n) is 15.1. The Morgan fingerprint density at radius 2 is 1.89 bits per heavy atom. The summed E-state index contributed by atoms with van der Waals surface area (Å²) in [4.78, 5) is 16.4. The van der Waals surface area contributed by atoms with Gasteiger partial charge in [-0.25, -0.2) is 4.79 Å². The maximum atomic E-state index is 11.8. The molecule has 0 aliphatic carbocycles. The molecule has 5 heteroatoms. The Morgan fingerprint density at radius 3 is 2.63 bits per heavy atom. The van der Waals surface area contributed by atoms with E-state index in [1.165, 1.54) is 12.7 Å². The van der Waals surface area contributed by atoms with Crippen LogP contribution in [0.15, 0.2) is 60.0 Å². The summed E-state index contributed by atoms with van der Waals surface area (Å²) < 4.78 is 10.2. The van der Waals surface area contributed by atoms with Crippen molar-refractivity contribution < 1.29 is 14.3 Å². The van der Waals surface area contributed by atoms with Gasteiger partial charge in [-0.05, 0) is 29.3 Å². The Balaban J connectivity index is 1.82. The molecule has 0 amide bonds. The van der Waals surface area contributed by atoms with E-state index in [1.54, 1.807) is 18.4 Å². The highest BCUT2D eigenvalue weighted by molar-refractivity contribution is 7.10. The van der Waals surface area contributed by atoms with Crippen molar-refractivity contribution in [2.24, 2.45) is 0 Å². The summed E-state index contributed by atoms with van der Waals surface area (Å²) in [5.41, 5.74) is 5.06. The number of methoxy groups -OCH3 is 2. The lowest BCUT2D eigenvalue weighted by Crippen LogP contribution is -1.98. The van der Waals surface area contributed by atoms with Crippen molar-refractivity contribution in [2.75, 3.05) is 14.2 Å². The minimum absolute atomic E-state index is 0.301. The molecule has 0 aliphatic heterocycles. The van der Waals surface area contributed by atoms with Gasteiger partial charge in [0.15, 0.2) is 0 Å². The molecule has 4 rings (SSSR count). The predicted octanol–water partition coefficient (Wildman–Crippen LogP) is 5.28. The summed E-state index contributed by atoms with van der Waals surface area (Å²) in [6.07, 6.45) is 0.734. The first kappa shape index (κ1) is 17.4. The second-order valence-electron chi connectivity index (χ2n) is 6.23. The van der Waals surface area contributed by atoms with Gasteiger partial charge in [-0.3, -0.25) is 0 Å². The van der Waals surface area contributed by atoms with Crippen molar-refractivity contribution in [3.05, 3.63) is 76.0 Å². The van der Waals surface area contributed by atoms with Gasteiger partial charge in [-0.2, -0.15) is 0 Å². The number of esters is 1. The molecular formula is C22H19NO3S. The number of H-pyrrole nitrogens is 1. The molecule has 136 valence electrons. The molecule has 0 aliphatic rings. The van der Waals surface area contributed by atoms with Crippen molar-refractivity contribution in [3.8, 4) is 17.0 Å². The van der Waals surface area contributed by atoms with Crippen molar-refractivity contribution in [1.29, 1.82) is 0 Å². The lowest BCUT2D eigenvalue weighted by Gasteiger charge is -2.04. The Labute approximate surface area is 161 Å². The molecule has 2 aromatic carbocycles. The predicted molar refractivity (Wildman–Crippen MR) is 109 cm³/mol. The van der Waals surface area contributed by atoms with E-state index in [-0.39, 0.29) is 5.97 Å². The summed E-state index contributed by atoms with van der Waals surface area (Å²) in [7, 11) is 3.07. The molecule has 0 saturated carbocycles. The van der Waals surface area contributed by atoms with Gasteiger partial charge in [0.2, 0.25) is 0 Å². The number of aromatic amines is 1. The van der Waals surface area contributed by atoms with Gasteiger partial charge in [-0.15, -0.1) is 11.3 Å². The van der Waals surface area contributed by atoms with Crippen LogP contribution in [-0.2, 0) is 11.2 Å². The third kappa shape index (κ3) is 3.34. The van der Waals surface area contributed by atoms with E-state index >= 15 is 0 Å². The fourth-order valence-electron chi connectivity index (χ4n) is 3.27. The molecule has 2 aromatic heterocycles. The maximum absolute atomic E-state index is 11.8. The fraction of sp³-hybridized carbons (Fsp3) is 0.136. The van der Waals surface area contributed by atoms with Crippen molar-refractivity contribution in [3.63, 3.8) is 0 Å². The number of ether oxygens (including phenoxy) is 2. The van der Waals surface area contributed by atoms with Gasteiger partial charge in [0.05, 0.1) is 25.5 Å². The van der Waals surface area contributed by atoms with E-state index in [0.29, 0.717) is 5.56 Å². The molecule has 1 N–H and O–H groups in total. The quantitative estimate of drug-likeness (QED) is 0.481. The van der Waals surface area contributed by atoms with Crippen molar-refractivity contribution in [1.82, 2.24) is 4.98 Å². The molecule has 4 aromatic rings. The van der Waals surface area contributed by atoms with Gasteiger partial charge in [0.25, 0.3) is 0 Å². The summed E-state index contributed by atoms with van der Waals surface area (Å²) in [5, 5.41) is 3.00. The zero-order chi connectivity index (χ0) is 18.8. The van der Waals surface area contributed by atoms with Gasteiger partial charge in [-0.1, -0.05) is 30.3 Å². The first-order valence-electron chi connectivity index (χ1n) is 8.59. The molecular weight excluding hydrogens is 358 g/mol. The molecule has 0 radical (unpaired) electrons. The van der Waals surface area contributed by atoms with Gasteiger partial charge >= 0.3 is 5.97 Å². The number of thiophene rings is 1. The van der Waals surface area contributed by atoms with Crippen LogP contribution in [0.25, 0.3) is 22.2 Å². The molecule has 0 saturated heterocycles. The van der Waals surface area contributed by atoms with Crippen LogP contribution in [0, 0.1) is 0 Å². The first-order chi connectivity index (χ1) is 13.2. The van der Waals surface area contributed by atoms with Crippen LogP contribution in [0.5, 0.6) is 5.75 Å². The zero-order valence-corrected chi connectivity index (χ0v) is 15.9. The standard InChI is InChI=1S/C22H19NO3S/c1-25-16-8-9-18-19(12-17-10-15(13-27-17)22(24)26-2)21(23-20(18)11-16)14-6-4-3-5-7-14/h3-11,13,23H,12H2,1-2H3. The van der Waals surface area contributed by atoms with E-state index < -0.39 is 0 Å². The number of fused-ring (bicyclic) bond motifs is 1. The van der Waals surface area contributed by atoms with E-state index in [4.69, 9.17) is 9.47 Å². The number of rotatable bonds is 5. The van der Waals surface area contributed by atoms with Crippen LogP contribution in [0.2, 0.25) is 0 Å². The number of carbonyl (C=O) groups is 1. The minimum atomic E-state index is -0.301. The molecule has 4 nitrogen and oxygen atoms in total. The molecule has 0 unspecified atom stereocenters. The number of carbonyl (C=O) groups excluding carboxylic acids is 1. The Kier molecular flexibility index (Phi) is 4.69. The van der Waals surface area contributed by atoms with Gasteiger partial charge in [0.1, 0.15) is 5.75 Å². The number of hydrogen-bond donors (Lipinski definition) is 1. The Bertz CT molecular complexity index is 1100. The van der Waals surface area contributed by atoms with E-state index in [2.05, 4.69) is 23.2 Å². The Morgan fingerprint density at radius 1 is 1.07 bits per heavy atom. The molecule has 2 heterocycles. The van der Waals surface area contributed by atoms with Crippen LogP contribution >= 0.6 is 11.3 Å². The lowest BCUT2D eigenvalue weighted by molar-refractivity contribution is 0.0601. The fourth-order valence-corrected chi connectivity index (χ4v) is 4.13. The smallest absolute Gasteiger partial charge is 0.338 e. The highest BCUT2D eigenvalue weighted by atomic mass is 32.1. The highest BCUT2D eigenvalue weighted by Gasteiger charge is 2.16. The third-order valence-electron chi connectivity index (χ3n) is 4.60. The van der Waals surface area contributed by atoms with Crippen molar-refractivity contribution in [2.45, 2.75) is 6.42 Å². The summed E-state index contributed by atoms with van der Waals surface area (Å²) in [6, 6.07) is 18.3. The molecule has 0 bridgehead atoms. The van der Waals surface area contributed by atoms with Crippen LogP contribution in [-0.4, -0.2) is 25.2 Å². The largest absolute Gasteiger partial charge is 0.497 e. The summed E-state index contributed by atoms with van der Waals surface area (Å²) >= 11 is 1.57. The van der Waals surface area contributed by atoms with E-state index in [1.807, 2.05) is 41.8 Å². The monoisotopic (exact) mass is 377 g/mol. The maximum Gasteiger partial charge on any atom is 0.338 e. The average Bonchev–Trinajstić information content (AvgIpc) is 3.33. The SMILES string of the molecule is COC(=O)c1csc(Cc2c(-c3ccccc3)[nH]c3cc(OC)ccc23)c1. The second-order valence-corrected chi connectivity index (χ2v) is 7.22. The lowest BCUT2D eigenvalue weighted by atomic mass is 10.0. The molecule has 0 atom stereocenters. The van der Waals surface area contributed by atoms with Crippen LogP contribution in [0.4, 0.5) is 0 Å². The van der Waals surface area contributed by atoms with E-state index in [9.17, 15) is 4.79 Å². The van der Waals surface area contributed by atoms with Gasteiger partial charge in [0, 0.05) is 33.6 Å². The number of benzene rings is 2. The van der Waals surface area contributed by atoms with Crippen molar-refractivity contribution >= 4 is 28.2 Å². The van der Waals surface area contributed by atoms with E-state index in [0.717, 1.165) is 39.2 Å². The summed E-state index contributed by atoms with van der Waals surface area (Å²) in [6.45, 7) is 0. The van der Waals surface area contributed by atoms with Crippen LogP contribution in [0.3, 0.4) is 0 Å². The minimum Gasteiger partial charge on any atom is -0.497 e. The van der Waals surface area contributed by atoms with Crippen LogP contribution < -0.4 is 4.74 Å². The number of aromatic nitrogens is 1. The third-order valence-corrected chi connectivity index (χ3v) is 5.54. The summed E-state index contributed by atoms with van der Waals surface area (Å²) in [5.74, 6) is 0.517. The molecule has 0 spiro atoms. The molecule has 0 fully saturated rings. The number of hydrogen-bond acceptors (Lipinski definition) is 4. The number of nitrogens with one attached hydrogen (secondary N) is 1. The second kappa shape index (κ2) is 7.29. The first-order valence-corrected chi connectivity index (χ1v) is 9.47. The average molecular weight is 377 g/mol. The van der Waals surface area contributed by atoms with Crippen LogP contribution in [0.1, 0.15) is 20.8 Å². The molecule has 27 heavy (non-hydrogen) atoms. The van der Waals surface area contributed by atoms with Gasteiger partial charge < -0.3 is 14.5 Å². The highest BCUT2D eigenvalue weighted by Crippen LogP contribution is 2.34. The topological polar surface area (TPSA) is 51.3 Å². The normalized spacial score (nSPS) is 10.9.